The number of aliphatic hydroxyl groups is 2. The van der Waals surface area contributed by atoms with E-state index >= 15 is 4.39 Å². The van der Waals surface area contributed by atoms with Crippen LogP contribution in [0, 0.1) is 34.5 Å². The highest BCUT2D eigenvalue weighted by Gasteiger charge is 2.73. The van der Waals surface area contributed by atoms with Crippen LogP contribution in [-0.4, -0.2) is 52.2 Å². The summed E-state index contributed by atoms with van der Waals surface area (Å²) in [5, 5.41) is 21.5. The molecule has 0 radical (unpaired) electrons. The molecule has 3 saturated carbocycles. The number of fused-ring (bicyclic) bond motifs is 5. The molecule has 2 N–H and O–H groups in total. The number of esters is 1. The van der Waals surface area contributed by atoms with Gasteiger partial charge >= 0.3 is 5.97 Å². The van der Waals surface area contributed by atoms with Crippen LogP contribution in [0.25, 0.3) is 0 Å². The van der Waals surface area contributed by atoms with Gasteiger partial charge in [-0.1, -0.05) is 40.2 Å². The topological polar surface area (TPSA) is 101 Å². The minimum atomic E-state index is -1.57. The molecule has 7 heteroatoms. The number of alkyl halides is 1. The highest BCUT2D eigenvalue weighted by Crippen LogP contribution is 2.69. The fourth-order valence-electron chi connectivity index (χ4n) is 8.19. The zero-order valence-electron chi connectivity index (χ0n) is 20.6. The van der Waals surface area contributed by atoms with Crippen molar-refractivity contribution < 1.29 is 33.7 Å². The molecular weight excluding hydrogens is 439 g/mol. The number of ketones is 2. The zero-order valence-corrected chi connectivity index (χ0v) is 20.6. The van der Waals surface area contributed by atoms with Gasteiger partial charge in [0.1, 0.15) is 12.8 Å². The second kappa shape index (κ2) is 8.66. The van der Waals surface area contributed by atoms with E-state index in [4.69, 9.17) is 4.74 Å². The molecule has 9 atom stereocenters. The van der Waals surface area contributed by atoms with Gasteiger partial charge in [-0.2, -0.15) is 0 Å². The summed E-state index contributed by atoms with van der Waals surface area (Å²) in [6, 6.07) is 0. The Morgan fingerprint density at radius 1 is 1.26 bits per heavy atom. The Kier molecular flexibility index (Phi) is 6.43. The van der Waals surface area contributed by atoms with Crippen LogP contribution >= 0.6 is 0 Å². The van der Waals surface area contributed by atoms with E-state index in [-0.39, 0.29) is 48.7 Å². The van der Waals surface area contributed by atoms with Gasteiger partial charge in [-0.15, -0.1) is 0 Å². The van der Waals surface area contributed by atoms with E-state index in [1.54, 1.807) is 6.08 Å². The first kappa shape index (κ1) is 25.2. The van der Waals surface area contributed by atoms with Crippen molar-refractivity contribution in [3.8, 4) is 0 Å². The van der Waals surface area contributed by atoms with Crippen molar-refractivity contribution in [2.75, 3.05) is 6.61 Å². The molecule has 0 spiro atoms. The van der Waals surface area contributed by atoms with Crippen LogP contribution < -0.4 is 0 Å². The average molecular weight is 477 g/mol. The smallest absolute Gasteiger partial charge is 0.306 e. The van der Waals surface area contributed by atoms with Gasteiger partial charge in [0.15, 0.2) is 11.4 Å². The van der Waals surface area contributed by atoms with E-state index in [2.05, 4.69) is 0 Å². The number of ether oxygens (including phenoxy) is 1. The first-order valence-corrected chi connectivity index (χ1v) is 12.6. The van der Waals surface area contributed by atoms with Crippen molar-refractivity contribution in [3.63, 3.8) is 0 Å². The number of carbonyl (C=O) groups excluding carboxylic acids is 3. The molecular formula is C27H37FO6. The number of allylic oxidation sites excluding steroid dienone is 4. The molecule has 34 heavy (non-hydrogen) atoms. The van der Waals surface area contributed by atoms with E-state index in [0.717, 1.165) is 6.42 Å². The molecule has 0 bridgehead atoms. The van der Waals surface area contributed by atoms with Crippen molar-refractivity contribution in [2.45, 2.75) is 84.1 Å². The van der Waals surface area contributed by atoms with E-state index < -0.39 is 47.1 Å². The monoisotopic (exact) mass is 476 g/mol. The summed E-state index contributed by atoms with van der Waals surface area (Å²) in [5.41, 5.74) is -2.90. The van der Waals surface area contributed by atoms with E-state index in [1.807, 2.05) is 27.7 Å². The van der Waals surface area contributed by atoms with Gasteiger partial charge in [-0.25, -0.2) is 4.39 Å². The van der Waals surface area contributed by atoms with Crippen molar-refractivity contribution in [3.05, 3.63) is 23.8 Å². The predicted molar refractivity (Wildman–Crippen MR) is 123 cm³/mol. The maximum Gasteiger partial charge on any atom is 0.306 e. The largest absolute Gasteiger partial charge is 0.450 e. The number of halogens is 1. The minimum absolute atomic E-state index is 0.143. The van der Waals surface area contributed by atoms with Gasteiger partial charge in [0.2, 0.25) is 5.78 Å². The molecule has 0 aromatic carbocycles. The molecule has 0 aromatic rings. The number of Topliss-reactive ketones (excluding diaryl/α,β-unsaturated/α-hetero) is 1. The standard InChI is InChI=1S/C27H37FO6/c1-5-6-7-23(33)34-27(22(32)14-29)15(2)10-18-17-12-20(28)19-11-16(30)8-9-25(19,3)24(17)21(31)13-26(18,27)4/h8-9,11,15,17-18,20-21,24,29,31H,5-7,10,12-14H2,1-4H3/t15-,17+,18+,20+,21+,24-,25+,26+,27+/m1/s1. The van der Waals surface area contributed by atoms with Gasteiger partial charge in [0, 0.05) is 29.1 Å². The van der Waals surface area contributed by atoms with Crippen molar-refractivity contribution >= 4 is 17.5 Å². The normalized spacial score (nSPS) is 45.1. The molecule has 4 rings (SSSR count). The summed E-state index contributed by atoms with van der Waals surface area (Å²) in [6.07, 6.45) is 4.80. The average Bonchev–Trinajstić information content (AvgIpc) is 3.00. The number of hydrogen-bond acceptors (Lipinski definition) is 6. The van der Waals surface area contributed by atoms with Gasteiger partial charge in [-0.05, 0) is 55.2 Å². The number of aliphatic hydroxyl groups excluding tert-OH is 2. The summed E-state index contributed by atoms with van der Waals surface area (Å²) >= 11 is 0. The Bertz CT molecular complexity index is 941. The lowest BCUT2D eigenvalue weighted by atomic mass is 9.46. The molecule has 188 valence electrons. The molecule has 6 nitrogen and oxygen atoms in total. The lowest BCUT2D eigenvalue weighted by molar-refractivity contribution is -0.206. The molecule has 0 amide bonds. The third-order valence-corrected chi connectivity index (χ3v) is 9.58. The molecule has 0 aromatic heterocycles. The van der Waals surface area contributed by atoms with Crippen LogP contribution in [-0.2, 0) is 19.1 Å². The van der Waals surface area contributed by atoms with Crippen molar-refractivity contribution in [1.29, 1.82) is 0 Å². The van der Waals surface area contributed by atoms with Crippen LogP contribution in [0.5, 0.6) is 0 Å². The molecule has 0 heterocycles. The van der Waals surface area contributed by atoms with E-state index in [9.17, 15) is 24.6 Å². The Morgan fingerprint density at radius 3 is 2.62 bits per heavy atom. The highest BCUT2D eigenvalue weighted by atomic mass is 19.1. The first-order chi connectivity index (χ1) is 16.0. The number of hydrogen-bond donors (Lipinski definition) is 2. The second-order valence-electron chi connectivity index (χ2n) is 11.3. The maximum absolute atomic E-state index is 15.6. The molecule has 4 aliphatic rings. The summed E-state index contributed by atoms with van der Waals surface area (Å²) in [5.74, 6) is -2.44. The Hall–Kier alpha value is -1.86. The van der Waals surface area contributed by atoms with Gasteiger partial charge in [0.25, 0.3) is 0 Å². The van der Waals surface area contributed by atoms with Gasteiger partial charge in [0.05, 0.1) is 6.10 Å². The molecule has 3 fully saturated rings. The Balaban J connectivity index is 1.78. The lowest BCUT2D eigenvalue weighted by Gasteiger charge is -2.60. The first-order valence-electron chi connectivity index (χ1n) is 12.6. The molecule has 4 aliphatic carbocycles. The quantitative estimate of drug-likeness (QED) is 0.569. The third-order valence-electron chi connectivity index (χ3n) is 9.58. The zero-order chi connectivity index (χ0) is 25.1. The summed E-state index contributed by atoms with van der Waals surface area (Å²) < 4.78 is 21.6. The third kappa shape index (κ3) is 3.37. The van der Waals surface area contributed by atoms with Crippen LogP contribution in [0.3, 0.4) is 0 Å². The fourth-order valence-corrected chi connectivity index (χ4v) is 8.19. The number of unbranched alkanes of at least 4 members (excludes halogenated alkanes) is 1. The highest BCUT2D eigenvalue weighted by molar-refractivity contribution is 6.01. The molecule has 0 saturated heterocycles. The predicted octanol–water partition coefficient (Wildman–Crippen LogP) is 3.49. The van der Waals surface area contributed by atoms with Crippen molar-refractivity contribution in [2.24, 2.45) is 34.5 Å². The van der Waals surface area contributed by atoms with Gasteiger partial charge < -0.3 is 14.9 Å². The summed E-state index contributed by atoms with van der Waals surface area (Å²) in [7, 11) is 0. The maximum atomic E-state index is 15.6. The number of rotatable bonds is 6. The van der Waals surface area contributed by atoms with Crippen molar-refractivity contribution in [1.82, 2.24) is 0 Å². The molecule has 0 unspecified atom stereocenters. The second-order valence-corrected chi connectivity index (χ2v) is 11.3. The van der Waals surface area contributed by atoms with Crippen LogP contribution in [0.15, 0.2) is 23.8 Å². The summed E-state index contributed by atoms with van der Waals surface area (Å²) in [4.78, 5) is 38.1. The minimum Gasteiger partial charge on any atom is -0.450 e. The van der Waals surface area contributed by atoms with Crippen LogP contribution in [0.4, 0.5) is 4.39 Å². The van der Waals surface area contributed by atoms with Gasteiger partial charge in [-0.3, -0.25) is 14.4 Å². The van der Waals surface area contributed by atoms with E-state index in [0.29, 0.717) is 18.4 Å². The van der Waals surface area contributed by atoms with Crippen LogP contribution in [0.1, 0.15) is 66.2 Å². The van der Waals surface area contributed by atoms with E-state index in [1.165, 1.54) is 12.2 Å². The Labute approximate surface area is 200 Å². The Morgan fingerprint density at radius 2 is 1.97 bits per heavy atom. The lowest BCUT2D eigenvalue weighted by Crippen LogP contribution is -2.64. The summed E-state index contributed by atoms with van der Waals surface area (Å²) in [6.45, 7) is 6.80. The SMILES string of the molecule is CCCCC(=O)O[C@]1(C(=O)CO)[C@H](C)C[C@H]2[C@@H]3C[C@H](F)C4=CC(=O)C=C[C@]4(C)[C@H]3[C@@H](O)C[C@@]21C. The number of carbonyl (C=O) groups is 3. The van der Waals surface area contributed by atoms with Crippen LogP contribution in [0.2, 0.25) is 0 Å². The molecule has 0 aliphatic heterocycles. The fraction of sp³-hybridized carbons (Fsp3) is 0.741.